The van der Waals surface area contributed by atoms with Gasteiger partial charge in [0.2, 0.25) is 5.91 Å². The number of nitrogens with two attached hydrogens (primary N) is 1. The first-order chi connectivity index (χ1) is 5.04. The highest BCUT2D eigenvalue weighted by Gasteiger charge is 1.80. The topological polar surface area (TPSA) is 80.4 Å². The van der Waals surface area contributed by atoms with Gasteiger partial charge in [-0.25, -0.2) is 4.79 Å². The summed E-state index contributed by atoms with van der Waals surface area (Å²) in [5, 5.41) is 7.60. The molecule has 0 aliphatic heterocycles. The Balaban J connectivity index is 0. The highest BCUT2D eigenvalue weighted by molar-refractivity contribution is 5.78. The second-order valence-electron chi connectivity index (χ2n) is 1.50. The molecule has 0 unspecified atom stereocenters. The van der Waals surface area contributed by atoms with E-state index in [0.717, 1.165) is 6.08 Å². The molecule has 0 saturated heterocycles. The maximum atomic E-state index is 9.75. The average Bonchev–Trinajstić information content (AvgIpc) is 1.89. The van der Waals surface area contributed by atoms with Crippen molar-refractivity contribution in [3.05, 3.63) is 25.3 Å². The highest BCUT2D eigenvalue weighted by Crippen LogP contribution is 1.71. The van der Waals surface area contributed by atoms with Crippen molar-refractivity contribution in [3.63, 3.8) is 0 Å². The van der Waals surface area contributed by atoms with Gasteiger partial charge in [0.15, 0.2) is 0 Å². The van der Waals surface area contributed by atoms with Gasteiger partial charge in [0.05, 0.1) is 0 Å². The average molecular weight is 157 g/mol. The molecule has 0 aromatic rings. The molecule has 0 bridgehead atoms. The summed E-state index contributed by atoms with van der Waals surface area (Å²) in [5.74, 6) is -1.31. The van der Waals surface area contributed by atoms with Crippen LogP contribution < -0.4 is 5.73 Å². The Morgan fingerprint density at radius 2 is 1.82 bits per heavy atom. The molecule has 0 aromatic heterocycles. The molecule has 4 heteroatoms. The molecule has 3 N–H and O–H groups in total. The molecule has 0 rings (SSSR count). The van der Waals surface area contributed by atoms with E-state index < -0.39 is 5.97 Å². The van der Waals surface area contributed by atoms with Crippen molar-refractivity contribution in [2.24, 2.45) is 5.73 Å². The summed E-state index contributed by atoms with van der Waals surface area (Å²) in [6.07, 6.45) is 2.59. The van der Waals surface area contributed by atoms with Crippen LogP contribution in [0.3, 0.4) is 0 Å². The SMILES string of the molecule is C=CC(=O)O.C=CCC(N)=O. The molecule has 0 saturated carbocycles. The van der Waals surface area contributed by atoms with Crippen LogP contribution in [0.5, 0.6) is 0 Å². The van der Waals surface area contributed by atoms with Crippen molar-refractivity contribution in [1.82, 2.24) is 0 Å². The Morgan fingerprint density at radius 1 is 1.45 bits per heavy atom. The Morgan fingerprint density at radius 3 is 1.82 bits per heavy atom. The van der Waals surface area contributed by atoms with Gasteiger partial charge >= 0.3 is 5.97 Å². The maximum absolute atomic E-state index is 9.75. The van der Waals surface area contributed by atoms with Crippen LogP contribution in [0.2, 0.25) is 0 Å². The first-order valence-corrected chi connectivity index (χ1v) is 2.79. The lowest BCUT2D eigenvalue weighted by molar-refractivity contribution is -0.131. The molecule has 0 aromatic carbocycles. The number of aliphatic carboxylic acids is 1. The molecule has 1 amide bonds. The molecule has 11 heavy (non-hydrogen) atoms. The highest BCUT2D eigenvalue weighted by atomic mass is 16.4. The van der Waals surface area contributed by atoms with Gasteiger partial charge in [0.25, 0.3) is 0 Å². The standard InChI is InChI=1S/C4H7NO.C3H4O2/c1-2-3-4(5)6;1-2-3(4)5/h2H,1,3H2,(H2,5,6);2H,1H2,(H,4,5). The second kappa shape index (κ2) is 8.42. The minimum absolute atomic E-state index is 0.278. The van der Waals surface area contributed by atoms with E-state index in [-0.39, 0.29) is 12.3 Å². The molecule has 0 heterocycles. The number of rotatable bonds is 3. The third-order valence-corrected chi connectivity index (χ3v) is 0.520. The zero-order valence-corrected chi connectivity index (χ0v) is 6.12. The molecule has 62 valence electrons. The van der Waals surface area contributed by atoms with Crippen molar-refractivity contribution in [2.75, 3.05) is 0 Å². The molecule has 0 spiro atoms. The Kier molecular flexibility index (Phi) is 9.29. The van der Waals surface area contributed by atoms with Crippen LogP contribution in [-0.2, 0) is 9.59 Å². The number of carboxylic acids is 1. The van der Waals surface area contributed by atoms with Crippen molar-refractivity contribution < 1.29 is 14.7 Å². The minimum atomic E-state index is -0.981. The number of amides is 1. The lowest BCUT2D eigenvalue weighted by atomic mass is 10.4. The van der Waals surface area contributed by atoms with Gasteiger partial charge in [0.1, 0.15) is 0 Å². The molecule has 4 nitrogen and oxygen atoms in total. The monoisotopic (exact) mass is 157 g/mol. The number of carboxylic acid groups (broad SMARTS) is 1. The van der Waals surface area contributed by atoms with Crippen molar-refractivity contribution in [1.29, 1.82) is 0 Å². The van der Waals surface area contributed by atoms with Crippen LogP contribution in [0.1, 0.15) is 6.42 Å². The zero-order chi connectivity index (χ0) is 9.28. The minimum Gasteiger partial charge on any atom is -0.478 e. The van der Waals surface area contributed by atoms with E-state index in [2.05, 4.69) is 13.2 Å². The number of primary amides is 1. The van der Waals surface area contributed by atoms with Crippen LogP contribution in [-0.4, -0.2) is 17.0 Å². The predicted molar refractivity (Wildman–Crippen MR) is 41.8 cm³/mol. The normalized spacial score (nSPS) is 6.91. The lowest BCUT2D eigenvalue weighted by Gasteiger charge is -1.76. The summed E-state index contributed by atoms with van der Waals surface area (Å²) in [5.41, 5.74) is 4.69. The molecular weight excluding hydrogens is 146 g/mol. The van der Waals surface area contributed by atoms with Gasteiger partial charge < -0.3 is 10.8 Å². The Hall–Kier alpha value is -1.58. The van der Waals surface area contributed by atoms with E-state index in [4.69, 9.17) is 10.8 Å². The third kappa shape index (κ3) is 29.7. The predicted octanol–water partition coefficient (Wildman–Crippen LogP) is 0.305. The molecule has 0 aliphatic carbocycles. The largest absolute Gasteiger partial charge is 0.478 e. The van der Waals surface area contributed by atoms with Crippen LogP contribution in [0.25, 0.3) is 0 Å². The van der Waals surface area contributed by atoms with E-state index in [0.29, 0.717) is 0 Å². The van der Waals surface area contributed by atoms with Gasteiger partial charge in [-0.15, -0.1) is 6.58 Å². The maximum Gasteiger partial charge on any atom is 0.327 e. The van der Waals surface area contributed by atoms with Crippen molar-refractivity contribution in [3.8, 4) is 0 Å². The van der Waals surface area contributed by atoms with E-state index in [1.54, 1.807) is 0 Å². The van der Waals surface area contributed by atoms with Gasteiger partial charge in [-0.2, -0.15) is 0 Å². The molecule has 0 radical (unpaired) electrons. The molecular formula is C7H11NO3. The van der Waals surface area contributed by atoms with Crippen molar-refractivity contribution in [2.45, 2.75) is 6.42 Å². The van der Waals surface area contributed by atoms with E-state index in [1.807, 2.05) is 0 Å². The Bertz CT molecular complexity index is 163. The van der Waals surface area contributed by atoms with Crippen LogP contribution in [0.4, 0.5) is 0 Å². The van der Waals surface area contributed by atoms with Gasteiger partial charge in [-0.05, 0) is 0 Å². The van der Waals surface area contributed by atoms with Crippen LogP contribution in [0.15, 0.2) is 25.3 Å². The van der Waals surface area contributed by atoms with E-state index >= 15 is 0 Å². The van der Waals surface area contributed by atoms with Crippen LogP contribution in [0, 0.1) is 0 Å². The summed E-state index contributed by atoms with van der Waals surface area (Å²) in [6, 6.07) is 0. The first kappa shape index (κ1) is 12.1. The lowest BCUT2D eigenvalue weighted by Crippen LogP contribution is -2.07. The summed E-state index contributed by atoms with van der Waals surface area (Å²) in [7, 11) is 0. The summed E-state index contributed by atoms with van der Waals surface area (Å²) in [4.78, 5) is 19.0. The molecule has 0 aliphatic rings. The van der Waals surface area contributed by atoms with Gasteiger partial charge in [-0.1, -0.05) is 12.7 Å². The van der Waals surface area contributed by atoms with E-state index in [1.165, 1.54) is 6.08 Å². The first-order valence-electron chi connectivity index (χ1n) is 2.79. The number of carbonyl (C=O) groups is 2. The fourth-order valence-electron chi connectivity index (χ4n) is 0.142. The number of hydrogen-bond donors (Lipinski definition) is 2. The molecule has 0 fully saturated rings. The van der Waals surface area contributed by atoms with Gasteiger partial charge in [-0.3, -0.25) is 4.79 Å². The quantitative estimate of drug-likeness (QED) is 0.457. The van der Waals surface area contributed by atoms with E-state index in [9.17, 15) is 9.59 Å². The smallest absolute Gasteiger partial charge is 0.327 e. The van der Waals surface area contributed by atoms with Gasteiger partial charge in [0, 0.05) is 12.5 Å². The summed E-state index contributed by atoms with van der Waals surface area (Å²) in [6.45, 7) is 6.26. The second-order valence-corrected chi connectivity index (χ2v) is 1.50. The van der Waals surface area contributed by atoms with Crippen molar-refractivity contribution >= 4 is 11.9 Å². The fraction of sp³-hybridized carbons (Fsp3) is 0.143. The number of carbonyl (C=O) groups excluding carboxylic acids is 1. The fourth-order valence-corrected chi connectivity index (χ4v) is 0.142. The Labute approximate surface area is 65.0 Å². The number of hydrogen-bond acceptors (Lipinski definition) is 2. The van der Waals surface area contributed by atoms with Crippen LogP contribution >= 0.6 is 0 Å². The third-order valence-electron chi connectivity index (χ3n) is 0.520. The zero-order valence-electron chi connectivity index (χ0n) is 6.12. The molecule has 0 atom stereocenters. The summed E-state index contributed by atoms with van der Waals surface area (Å²) < 4.78 is 0. The summed E-state index contributed by atoms with van der Waals surface area (Å²) >= 11 is 0.